The zero-order chi connectivity index (χ0) is 72.2. The quantitative estimate of drug-likeness (QED) is 0.142. The molecule has 0 spiro atoms. The summed E-state index contributed by atoms with van der Waals surface area (Å²) in [6.07, 6.45) is 20.8. The first-order valence-corrected chi connectivity index (χ1v) is 38.8. The van der Waals surface area contributed by atoms with Gasteiger partial charge in [-0.25, -0.2) is 9.97 Å². The van der Waals surface area contributed by atoms with E-state index in [-0.39, 0.29) is 0 Å². The minimum Gasteiger partial charge on any atom is -0.347 e. The molecular weight excluding hydrogens is 1300 g/mol. The number of anilines is 1. The van der Waals surface area contributed by atoms with E-state index in [1.165, 1.54) is 167 Å². The lowest BCUT2D eigenvalue weighted by Gasteiger charge is -2.25. The normalized spacial score (nSPS) is 16.2. The van der Waals surface area contributed by atoms with E-state index in [9.17, 15) is 0 Å². The summed E-state index contributed by atoms with van der Waals surface area (Å²) in [4.78, 5) is 29.3. The van der Waals surface area contributed by atoms with Crippen LogP contribution >= 0.6 is 22.7 Å². The topological polar surface area (TPSA) is 74.6 Å². The van der Waals surface area contributed by atoms with E-state index in [0.717, 1.165) is 95.2 Å². The smallest absolute Gasteiger partial charge is 0.224 e. The summed E-state index contributed by atoms with van der Waals surface area (Å²) < 4.78 is 9.92. The van der Waals surface area contributed by atoms with Gasteiger partial charge in [0.2, 0.25) is 5.95 Å². The molecular formula is C89H104N12S2. The average molecular weight is 1410 g/mol. The Morgan fingerprint density at radius 3 is 1.46 bits per heavy atom. The van der Waals surface area contributed by atoms with Crippen LogP contribution < -0.4 is 4.90 Å². The van der Waals surface area contributed by atoms with E-state index in [1.54, 1.807) is 22.5 Å². The summed E-state index contributed by atoms with van der Waals surface area (Å²) in [6.45, 7) is 32.6. The molecule has 0 saturated carbocycles. The largest absolute Gasteiger partial charge is 0.347 e. The van der Waals surface area contributed by atoms with Crippen molar-refractivity contribution in [1.29, 1.82) is 0 Å². The molecule has 12 nitrogen and oxygen atoms in total. The molecule has 0 radical (unpaired) electrons. The first-order valence-electron chi connectivity index (χ1n) is 37.1. The predicted octanol–water partition coefficient (Wildman–Crippen LogP) is 20.0. The molecule has 0 bridgehead atoms. The van der Waals surface area contributed by atoms with Crippen molar-refractivity contribution in [3.05, 3.63) is 231 Å². The van der Waals surface area contributed by atoms with Gasteiger partial charge < -0.3 is 42.8 Å². The lowest BCUT2D eigenvalue weighted by molar-refractivity contribution is 0.311. The molecule has 0 atom stereocenters. The number of rotatable bonds is 9. The Kier molecular flexibility index (Phi) is 20.6. The number of fused-ring (bicyclic) bond motifs is 12. The molecule has 0 saturated heterocycles. The molecule has 12 heterocycles. The van der Waals surface area contributed by atoms with Crippen LogP contribution in [0.3, 0.4) is 0 Å². The summed E-state index contributed by atoms with van der Waals surface area (Å²) >= 11 is 3.79. The fourth-order valence-electron chi connectivity index (χ4n) is 16.5. The van der Waals surface area contributed by atoms with Gasteiger partial charge in [-0.1, -0.05) is 52.6 Å². The van der Waals surface area contributed by atoms with E-state index in [0.29, 0.717) is 0 Å². The highest BCUT2D eigenvalue weighted by Gasteiger charge is 2.30. The van der Waals surface area contributed by atoms with Gasteiger partial charge in [-0.05, 0) is 257 Å². The van der Waals surface area contributed by atoms with E-state index >= 15 is 0 Å². The molecule has 0 fully saturated rings. The van der Waals surface area contributed by atoms with E-state index in [1.807, 2.05) is 67.2 Å². The molecule has 532 valence electrons. The molecule has 14 heteroatoms. The number of benzene rings is 4. The van der Waals surface area contributed by atoms with Gasteiger partial charge >= 0.3 is 0 Å². The monoisotopic (exact) mass is 1400 g/mol. The maximum absolute atomic E-state index is 4.46. The van der Waals surface area contributed by atoms with Crippen LogP contribution in [0.1, 0.15) is 150 Å². The number of nitrogens with zero attached hydrogens (tertiary/aromatic N) is 12. The van der Waals surface area contributed by atoms with Gasteiger partial charge in [-0.15, -0.1) is 22.7 Å². The van der Waals surface area contributed by atoms with Crippen LogP contribution in [0.5, 0.6) is 0 Å². The molecule has 5 aliphatic rings. The van der Waals surface area contributed by atoms with Crippen molar-refractivity contribution in [3.8, 4) is 0 Å². The average Bonchev–Trinajstić information content (AvgIpc) is 1.61. The standard InChI is InChI=1S/C23H27N3.C23H26N2S.C22H27N5.C21H24N2S/c1-15-10-16(2)23-20(11-15)21-14-25(5)9-8-22(21)26(23)13-17(3)19-7-6-18(4)24-12-19;1-15-7-9-21-18(13-15)19-14-24(3)12-11-22(19)25(21)20-6-4-5-17(20)23-10-8-16(2)26-23;1-15-6-7-20-18(10-15)19-14-26(5)9-8-21(19)27(20)13-16(2)17-11-23-22(24-12-17)25(3)4;1-14-5-6-19-17(11-14)18-13-22(4)9-7-20(18)23(19)12-16(3)21-15(2)8-10-24-21/h6-7,10-13H,8-9,14H2,1-5H3;7-10,13H,4-6,11-12,14H2,1-3H3;6-7,10-13H,8-9,14H2,1-5H3;5-6,8,10-12H,7,9,13H2,1-4H3/b17-13+;;16-13+;16-12+. The van der Waals surface area contributed by atoms with Crippen LogP contribution in [0, 0.1) is 55.4 Å². The van der Waals surface area contributed by atoms with Gasteiger partial charge in [-0.3, -0.25) is 4.98 Å². The van der Waals surface area contributed by atoms with Crippen molar-refractivity contribution >= 4 is 119 Å². The molecule has 8 aromatic heterocycles. The Labute approximate surface area is 619 Å². The summed E-state index contributed by atoms with van der Waals surface area (Å²) in [6, 6.07) is 36.4. The zero-order valence-corrected chi connectivity index (χ0v) is 65.7. The maximum Gasteiger partial charge on any atom is 0.224 e. The van der Waals surface area contributed by atoms with Crippen LogP contribution in [0.15, 0.2) is 121 Å². The third-order valence-electron chi connectivity index (χ3n) is 21.9. The molecule has 4 aliphatic heterocycles. The van der Waals surface area contributed by atoms with Crippen molar-refractivity contribution in [2.75, 3.05) is 73.4 Å². The second kappa shape index (κ2) is 29.8. The molecule has 4 aromatic carbocycles. The Bertz CT molecular complexity index is 5320. The minimum atomic E-state index is 0.730. The van der Waals surface area contributed by atoms with Gasteiger partial charge in [0.05, 0.1) is 22.1 Å². The van der Waals surface area contributed by atoms with E-state index < -0.39 is 0 Å². The maximum atomic E-state index is 4.46. The summed E-state index contributed by atoms with van der Waals surface area (Å²) in [7, 11) is 12.8. The van der Waals surface area contributed by atoms with Gasteiger partial charge in [0, 0.05) is 205 Å². The van der Waals surface area contributed by atoms with Crippen molar-refractivity contribution in [3.63, 3.8) is 0 Å². The SMILES string of the molecule is C/C(=C\n1c2c(c3cc(C)cc(C)c31)CN(C)CC2)c1ccc(C)nc1.C/C(=C\n1c2c(c3cc(C)ccc31)CN(C)CC2)c1cnc(N(C)C)nc1.C/C(=C\n1c2c(c3cc(C)ccc31)CN(C)CC2)c1sccc1C.Cc1ccc2c(c1)c1c(n2C2=C(c3ccc(C)s3)CCC2)CCN(C)C1. The highest BCUT2D eigenvalue weighted by molar-refractivity contribution is 7.13. The van der Waals surface area contributed by atoms with Crippen LogP contribution in [-0.2, 0) is 51.9 Å². The highest BCUT2D eigenvalue weighted by Crippen LogP contribution is 2.45. The number of aryl methyl sites for hydroxylation is 8. The molecule has 0 unspecified atom stereocenters. The molecule has 0 amide bonds. The summed E-state index contributed by atoms with van der Waals surface area (Å²) in [5.41, 5.74) is 35.6. The van der Waals surface area contributed by atoms with Crippen molar-refractivity contribution in [2.24, 2.45) is 0 Å². The van der Waals surface area contributed by atoms with E-state index in [4.69, 9.17) is 0 Å². The van der Waals surface area contributed by atoms with Crippen LogP contribution in [0.25, 0.3) is 90.2 Å². The Hall–Kier alpha value is -8.73. The number of hydrogen-bond acceptors (Lipinski definition) is 10. The van der Waals surface area contributed by atoms with Crippen molar-refractivity contribution in [2.45, 2.75) is 147 Å². The van der Waals surface area contributed by atoms with Gasteiger partial charge in [0.15, 0.2) is 0 Å². The Balaban J connectivity index is 0.000000116. The minimum absolute atomic E-state index is 0.730. The van der Waals surface area contributed by atoms with Crippen molar-refractivity contribution in [1.82, 2.24) is 52.8 Å². The molecule has 103 heavy (non-hydrogen) atoms. The molecule has 0 N–H and O–H groups in total. The number of likely N-dealkylation sites (N-methyl/N-ethyl adjacent to an activating group) is 4. The molecule has 17 rings (SSSR count). The lowest BCUT2D eigenvalue weighted by atomic mass is 10.0. The summed E-state index contributed by atoms with van der Waals surface area (Å²) in [5, 5.41) is 7.86. The second-order valence-corrected chi connectivity index (χ2v) is 32.8. The number of aromatic nitrogens is 7. The first-order chi connectivity index (χ1) is 49.5. The number of hydrogen-bond donors (Lipinski definition) is 0. The van der Waals surface area contributed by atoms with Gasteiger partial charge in [0.25, 0.3) is 0 Å². The number of thiophene rings is 2. The Morgan fingerprint density at radius 2 is 0.932 bits per heavy atom. The third-order valence-corrected chi connectivity index (χ3v) is 24.1. The fourth-order valence-corrected chi connectivity index (χ4v) is 18.4. The highest BCUT2D eigenvalue weighted by atomic mass is 32.1. The predicted molar refractivity (Wildman–Crippen MR) is 442 cm³/mol. The third kappa shape index (κ3) is 14.5. The Morgan fingerprint density at radius 1 is 0.447 bits per heavy atom. The van der Waals surface area contributed by atoms with Crippen LogP contribution in [0.4, 0.5) is 5.95 Å². The molecule has 12 aromatic rings. The fraction of sp³-hybridized carbons (Fsp3) is 0.360. The van der Waals surface area contributed by atoms with E-state index in [2.05, 4.69) is 271 Å². The van der Waals surface area contributed by atoms with Gasteiger partial charge in [-0.2, -0.15) is 0 Å². The van der Waals surface area contributed by atoms with Crippen LogP contribution in [0.2, 0.25) is 0 Å². The molecule has 1 aliphatic carbocycles. The van der Waals surface area contributed by atoms with Gasteiger partial charge in [0.1, 0.15) is 0 Å². The zero-order valence-electron chi connectivity index (χ0n) is 64.1. The number of pyridine rings is 1. The lowest BCUT2D eigenvalue weighted by Crippen LogP contribution is -2.27. The van der Waals surface area contributed by atoms with Crippen LogP contribution in [-0.4, -0.2) is 121 Å². The number of allylic oxidation sites excluding steroid dienone is 5. The first kappa shape index (κ1) is 71.3. The second-order valence-electron chi connectivity index (χ2n) is 30.5. The van der Waals surface area contributed by atoms with Crippen molar-refractivity contribution < 1.29 is 0 Å². The summed E-state index contributed by atoms with van der Waals surface area (Å²) in [5.74, 6) is 0.730.